The molecule has 1 aliphatic heterocycles. The monoisotopic (exact) mass is 276 g/mol. The highest BCUT2D eigenvalue weighted by Gasteiger charge is 2.62. The third-order valence-electron chi connectivity index (χ3n) is 2.56. The van der Waals surface area contributed by atoms with Crippen LogP contribution in [0.5, 0.6) is 0 Å². The number of alkyl halides is 6. The van der Waals surface area contributed by atoms with Crippen molar-refractivity contribution in [1.29, 1.82) is 0 Å². The first-order valence-electron chi connectivity index (χ1n) is 5.21. The van der Waals surface area contributed by atoms with Crippen LogP contribution in [0.25, 0.3) is 5.43 Å². The number of rotatable bonds is 0. The van der Waals surface area contributed by atoms with Crippen LogP contribution in [0.1, 0.15) is 34.1 Å². The van der Waals surface area contributed by atoms with Gasteiger partial charge in [-0.2, -0.15) is 26.3 Å². The van der Waals surface area contributed by atoms with E-state index in [9.17, 15) is 26.3 Å². The van der Waals surface area contributed by atoms with Gasteiger partial charge < -0.3 is 5.43 Å². The molecular formula is C10H14F6N2. The van der Waals surface area contributed by atoms with Gasteiger partial charge in [-0.15, -0.1) is 0 Å². The number of hydrogen-bond donors (Lipinski definition) is 0. The highest BCUT2D eigenvalue weighted by atomic mass is 19.4. The van der Waals surface area contributed by atoms with Crippen LogP contribution in [-0.2, 0) is 0 Å². The highest BCUT2D eigenvalue weighted by molar-refractivity contribution is 5.90. The van der Waals surface area contributed by atoms with Crippen molar-refractivity contribution < 1.29 is 31.0 Å². The first-order valence-corrected chi connectivity index (χ1v) is 5.21. The first kappa shape index (κ1) is 15.1. The van der Waals surface area contributed by atoms with Crippen LogP contribution in [0.15, 0.2) is 0 Å². The highest BCUT2D eigenvalue weighted by Crippen LogP contribution is 2.43. The van der Waals surface area contributed by atoms with Gasteiger partial charge >= 0.3 is 18.1 Å². The molecule has 0 bridgehead atoms. The maximum Gasteiger partial charge on any atom is 0.482 e. The van der Waals surface area contributed by atoms with Gasteiger partial charge in [0.1, 0.15) is 0 Å². The molecule has 0 aromatic carbocycles. The van der Waals surface area contributed by atoms with Gasteiger partial charge in [0.15, 0.2) is 5.54 Å². The van der Waals surface area contributed by atoms with E-state index in [-0.39, 0.29) is 11.1 Å². The normalized spacial score (nSPS) is 22.9. The lowest BCUT2D eigenvalue weighted by Crippen LogP contribution is -2.47. The summed E-state index contributed by atoms with van der Waals surface area (Å²) in [4.78, 5) is 0. The smallest absolute Gasteiger partial charge is 0.433 e. The molecule has 1 fully saturated rings. The summed E-state index contributed by atoms with van der Waals surface area (Å²) in [6.07, 6.45) is -10.9. The van der Waals surface area contributed by atoms with E-state index in [1.165, 1.54) is 27.7 Å². The zero-order chi connectivity index (χ0) is 14.6. The molecule has 18 heavy (non-hydrogen) atoms. The number of hydrogen-bond acceptors (Lipinski definition) is 0. The van der Waals surface area contributed by atoms with Crippen molar-refractivity contribution in [2.45, 2.75) is 57.5 Å². The third kappa shape index (κ3) is 2.89. The molecule has 2 nitrogen and oxygen atoms in total. The van der Waals surface area contributed by atoms with E-state index in [4.69, 9.17) is 0 Å². The van der Waals surface area contributed by atoms with Crippen LogP contribution in [-0.4, -0.2) is 33.8 Å². The lowest BCUT2D eigenvalue weighted by atomic mass is 9.91. The minimum atomic E-state index is -5.49. The molecule has 1 aliphatic rings. The summed E-state index contributed by atoms with van der Waals surface area (Å²) in [6.45, 7) is 5.61. The molecule has 0 aromatic heterocycles. The van der Waals surface area contributed by atoms with Crippen LogP contribution in [0, 0.1) is 0 Å². The van der Waals surface area contributed by atoms with E-state index in [1.54, 1.807) is 0 Å². The molecule has 0 unspecified atom stereocenters. The Kier molecular flexibility index (Phi) is 3.17. The summed E-state index contributed by atoms with van der Waals surface area (Å²) < 4.78 is 75.7. The van der Waals surface area contributed by atoms with Gasteiger partial charge in [0.2, 0.25) is 0 Å². The Bertz CT molecular complexity index is 359. The fourth-order valence-corrected chi connectivity index (χ4v) is 2.33. The summed E-state index contributed by atoms with van der Waals surface area (Å²) in [5, 5.41) is 0. The second-order valence-corrected chi connectivity index (χ2v) is 5.56. The van der Waals surface area contributed by atoms with E-state index >= 15 is 0 Å². The van der Waals surface area contributed by atoms with Crippen molar-refractivity contribution in [3.05, 3.63) is 5.43 Å². The van der Waals surface area contributed by atoms with E-state index in [1.807, 2.05) is 0 Å². The van der Waals surface area contributed by atoms with E-state index in [0.29, 0.717) is 0 Å². The van der Waals surface area contributed by atoms with Crippen LogP contribution in [0.4, 0.5) is 26.3 Å². The van der Waals surface area contributed by atoms with E-state index in [0.717, 1.165) is 0 Å². The maximum absolute atomic E-state index is 12.6. The molecule has 0 saturated carbocycles. The third-order valence-corrected chi connectivity index (χ3v) is 2.56. The zero-order valence-electron chi connectivity index (χ0n) is 10.4. The maximum atomic E-state index is 12.6. The lowest BCUT2D eigenvalue weighted by molar-refractivity contribution is -0.554. The average molecular weight is 276 g/mol. The summed E-state index contributed by atoms with van der Waals surface area (Å²) in [7, 11) is 0. The Morgan fingerprint density at radius 3 is 1.56 bits per heavy atom. The fourth-order valence-electron chi connectivity index (χ4n) is 2.33. The Morgan fingerprint density at radius 1 is 0.944 bits per heavy atom. The van der Waals surface area contributed by atoms with Gasteiger partial charge in [0, 0.05) is 6.42 Å². The summed E-state index contributed by atoms with van der Waals surface area (Å²) in [5.74, 6) is 0. The molecule has 0 amide bonds. The van der Waals surface area contributed by atoms with Crippen molar-refractivity contribution in [2.75, 3.05) is 0 Å². The fraction of sp³-hybridized carbons (Fsp3) is 0.900. The van der Waals surface area contributed by atoms with Gasteiger partial charge in [-0.3, -0.25) is 4.68 Å². The zero-order valence-corrected chi connectivity index (χ0v) is 10.4. The summed E-state index contributed by atoms with van der Waals surface area (Å²) in [5.41, 5.74) is -1.28. The molecule has 1 saturated heterocycles. The molecule has 1 heterocycles. The quantitative estimate of drug-likeness (QED) is 0.473. The molecule has 0 aliphatic carbocycles. The van der Waals surface area contributed by atoms with Crippen LogP contribution in [0.3, 0.4) is 0 Å². The van der Waals surface area contributed by atoms with Crippen molar-refractivity contribution in [1.82, 2.24) is 0 Å². The van der Waals surface area contributed by atoms with Crippen LogP contribution < -0.4 is 0 Å². The second kappa shape index (κ2) is 3.77. The minimum absolute atomic E-state index is 0.0764. The van der Waals surface area contributed by atoms with Crippen molar-refractivity contribution in [3.8, 4) is 0 Å². The molecule has 106 valence electrons. The molecular weight excluding hydrogens is 262 g/mol. The summed E-state index contributed by atoms with van der Waals surface area (Å²) in [6, 6.07) is 0. The predicted octanol–water partition coefficient (Wildman–Crippen LogP) is 3.81. The Morgan fingerprint density at radius 2 is 1.33 bits per heavy atom. The lowest BCUT2D eigenvalue weighted by Gasteiger charge is -2.27. The molecule has 1 rings (SSSR count). The Balaban J connectivity index is 3.48. The topological polar surface area (TPSA) is 17.1 Å². The number of nitrogens with zero attached hydrogens (tertiary/aromatic N) is 2. The van der Waals surface area contributed by atoms with Crippen LogP contribution in [0.2, 0.25) is 0 Å². The average Bonchev–Trinajstić information content (AvgIpc) is 2.12. The van der Waals surface area contributed by atoms with Gasteiger partial charge in [0.25, 0.3) is 0 Å². The molecule has 8 heteroatoms. The molecule has 0 N–H and O–H groups in total. The largest absolute Gasteiger partial charge is 0.482 e. The molecule has 0 aromatic rings. The molecule has 0 spiro atoms. The summed E-state index contributed by atoms with van der Waals surface area (Å²) >= 11 is 0. The van der Waals surface area contributed by atoms with Gasteiger partial charge in [0.05, 0.1) is 0 Å². The van der Waals surface area contributed by atoms with Crippen molar-refractivity contribution in [2.24, 2.45) is 0 Å². The van der Waals surface area contributed by atoms with Gasteiger partial charge in [-0.1, -0.05) is 19.4 Å². The SMILES string of the molecule is CC1(C)CC(C)(C)[N+](=C(C(F)(F)F)C(F)(F)F)[N-]1. The van der Waals surface area contributed by atoms with E-state index < -0.39 is 29.1 Å². The van der Waals surface area contributed by atoms with Crippen molar-refractivity contribution >= 4 is 5.71 Å². The second-order valence-electron chi connectivity index (χ2n) is 5.56. The van der Waals surface area contributed by atoms with Crippen molar-refractivity contribution in [3.63, 3.8) is 0 Å². The first-order chi connectivity index (χ1) is 7.67. The molecule has 0 radical (unpaired) electrons. The van der Waals surface area contributed by atoms with Crippen LogP contribution >= 0.6 is 0 Å². The van der Waals surface area contributed by atoms with Gasteiger partial charge in [-0.25, -0.2) is 0 Å². The number of halogens is 6. The standard InChI is InChI=1S/C10H14F6N2/c1-7(2)5-8(3,4)18(17-7)6(9(11,12)13)10(14,15)16/h5H2,1-4H3. The van der Waals surface area contributed by atoms with Gasteiger partial charge in [-0.05, 0) is 13.8 Å². The molecule has 0 atom stereocenters. The Hall–Kier alpha value is -0.950. The Labute approximate surface area is 101 Å². The predicted molar refractivity (Wildman–Crippen MR) is 53.5 cm³/mol. The van der Waals surface area contributed by atoms with E-state index in [2.05, 4.69) is 5.43 Å². The minimum Gasteiger partial charge on any atom is -0.433 e.